The summed E-state index contributed by atoms with van der Waals surface area (Å²) in [5.41, 5.74) is 7.84. The molecule has 0 aliphatic carbocycles. The van der Waals surface area contributed by atoms with Gasteiger partial charge in [-0.3, -0.25) is 0 Å². The zero-order valence-corrected chi connectivity index (χ0v) is 8.71. The van der Waals surface area contributed by atoms with Crippen molar-refractivity contribution in [2.45, 2.75) is 0 Å². The first-order chi connectivity index (χ1) is 2.91. The van der Waals surface area contributed by atoms with Gasteiger partial charge in [0.05, 0.1) is 0 Å². The highest BCUT2D eigenvalue weighted by Crippen LogP contribution is 1.34. The summed E-state index contributed by atoms with van der Waals surface area (Å²) >= 11 is 0. The minimum atomic E-state index is 0.0806. The zero-order valence-electron chi connectivity index (χ0n) is 3.89. The molecular weight excluding hydrogens is 124 g/mol. The molecule has 0 aliphatic rings. The summed E-state index contributed by atoms with van der Waals surface area (Å²) in [4.78, 5) is 2.92. The molecule has 5 heteroatoms. The highest BCUT2D eigenvalue weighted by Gasteiger charge is 1.77. The van der Waals surface area contributed by atoms with E-state index in [0.717, 1.165) is 0 Å². The third-order valence-electron chi connectivity index (χ3n) is 0.499. The molecule has 6 heavy (non-hydrogen) atoms. The van der Waals surface area contributed by atoms with Crippen LogP contribution >= 0.6 is 0 Å². The van der Waals surface area contributed by atoms with Gasteiger partial charge in [0.1, 0.15) is 9.04 Å². The van der Waals surface area contributed by atoms with Gasteiger partial charge in [-0.05, 0) is 9.76 Å². The van der Waals surface area contributed by atoms with Gasteiger partial charge in [0.15, 0.2) is 0 Å². The Kier molecular flexibility index (Phi) is 5.06. The molecule has 0 N–H and O–H groups in total. The molecule has 2 nitrogen and oxygen atoms in total. The van der Waals surface area contributed by atoms with Crippen LogP contribution in [0.5, 0.6) is 0 Å². The van der Waals surface area contributed by atoms with Crippen LogP contribution in [0.2, 0.25) is 0 Å². The van der Waals surface area contributed by atoms with Crippen LogP contribution in [0.25, 0.3) is 5.53 Å². The van der Waals surface area contributed by atoms with Crippen molar-refractivity contribution < 1.29 is 4.79 Å². The second-order valence-corrected chi connectivity index (χ2v) is 16.8. The molecule has 0 unspecified atom stereocenters. The molecule has 0 amide bonds. The van der Waals surface area contributed by atoms with Gasteiger partial charge >= 0.3 is 0 Å². The predicted octanol–water partition coefficient (Wildman–Crippen LogP) is -3.22. The summed E-state index contributed by atoms with van der Waals surface area (Å²) in [6.45, 7) is 0. The lowest BCUT2D eigenvalue weighted by molar-refractivity contribution is 0.00757. The van der Waals surface area contributed by atoms with Crippen LogP contribution in [0.3, 0.4) is 0 Å². The molecule has 0 aromatic rings. The summed E-state index contributed by atoms with van der Waals surface area (Å²) in [5.74, 6) is 1.72. The Morgan fingerprint density at radius 1 is 1.83 bits per heavy atom. The second-order valence-electron chi connectivity index (χ2n) is 1.09. The van der Waals surface area contributed by atoms with E-state index in [1.165, 1.54) is 9.76 Å². The first-order valence-electron chi connectivity index (χ1n) is 2.07. The Morgan fingerprint density at radius 2 is 2.50 bits per heavy atom. The summed E-state index contributed by atoms with van der Waals surface area (Å²) in [6, 6.07) is 0. The number of hydrogen-bond acceptors (Lipinski definition) is 0. The van der Waals surface area contributed by atoms with E-state index in [4.69, 9.17) is 5.53 Å². The highest BCUT2D eigenvalue weighted by molar-refractivity contribution is 7.31. The van der Waals surface area contributed by atoms with Crippen LogP contribution in [-0.4, -0.2) is 38.0 Å². The van der Waals surface area contributed by atoms with Crippen LogP contribution in [0, 0.1) is 0 Å². The van der Waals surface area contributed by atoms with Crippen LogP contribution < -0.4 is 0 Å². The normalized spacial score (nSPS) is 11.3. The Morgan fingerprint density at radius 3 is 2.67 bits per heavy atom. The average molecular weight is 132 g/mol. The Balaban J connectivity index is 2.86. The molecule has 0 aliphatic heterocycles. The predicted molar refractivity (Wildman–Crippen MR) is 36.7 cm³/mol. The molecule has 0 radical (unpaired) electrons. The van der Waals surface area contributed by atoms with Gasteiger partial charge in [0.25, 0.3) is 0 Å². The fourth-order valence-corrected chi connectivity index (χ4v) is 4.01. The maximum Gasteiger partial charge on any atom is 0.215 e. The van der Waals surface area contributed by atoms with E-state index in [1.807, 2.05) is 0 Å². The molecule has 0 heterocycles. The standard InChI is InChI=1S/CH8N2Si3/c2-3-1-5-6-4/h1H,5-6H2,4H3. The van der Waals surface area contributed by atoms with E-state index in [2.05, 4.69) is 4.79 Å². The van der Waals surface area contributed by atoms with Crippen molar-refractivity contribution in [2.24, 2.45) is 0 Å². The maximum absolute atomic E-state index is 7.84. The molecule has 0 aromatic heterocycles. The van der Waals surface area contributed by atoms with Crippen molar-refractivity contribution in [1.82, 2.24) is 0 Å². The lowest BCUT2D eigenvalue weighted by Gasteiger charge is -1.61. The molecular formula is CH8N2Si3. The topological polar surface area (TPSA) is 36.4 Å². The van der Waals surface area contributed by atoms with Gasteiger partial charge in [-0.15, -0.1) is 0 Å². The SMILES string of the molecule is [N-]=[N+]=C[SiH2][SiH2][SiH3]. The minimum Gasteiger partial charge on any atom is -0.363 e. The fraction of sp³-hybridized carbons (Fsp3) is 0. The van der Waals surface area contributed by atoms with Gasteiger partial charge in [-0.2, -0.15) is 4.79 Å². The van der Waals surface area contributed by atoms with Crippen molar-refractivity contribution in [3.63, 3.8) is 0 Å². The summed E-state index contributed by atoms with van der Waals surface area (Å²) in [7, 11) is 1.85. The molecule has 0 rings (SSSR count). The van der Waals surface area contributed by atoms with Gasteiger partial charge in [0, 0.05) is 8.55 Å². The van der Waals surface area contributed by atoms with E-state index in [0.29, 0.717) is 8.55 Å². The molecule has 0 bridgehead atoms. The summed E-state index contributed by atoms with van der Waals surface area (Å²) < 4.78 is 0. The van der Waals surface area contributed by atoms with Crippen LogP contribution in [0.15, 0.2) is 0 Å². The molecule has 0 fully saturated rings. The third kappa shape index (κ3) is 4.03. The van der Waals surface area contributed by atoms with Gasteiger partial charge in [-0.25, -0.2) is 0 Å². The highest BCUT2D eigenvalue weighted by atomic mass is 29.5. The van der Waals surface area contributed by atoms with Crippen molar-refractivity contribution in [3.8, 4) is 0 Å². The Hall–Kier alpha value is 0.0306. The molecule has 0 aromatic carbocycles. The molecule has 0 saturated carbocycles. The van der Waals surface area contributed by atoms with Crippen molar-refractivity contribution in [2.75, 3.05) is 0 Å². The van der Waals surface area contributed by atoms with Gasteiger partial charge < -0.3 is 5.53 Å². The quantitative estimate of drug-likeness (QED) is 0.164. The van der Waals surface area contributed by atoms with Gasteiger partial charge in [-0.1, -0.05) is 0 Å². The molecule has 0 spiro atoms. The van der Waals surface area contributed by atoms with E-state index < -0.39 is 0 Å². The van der Waals surface area contributed by atoms with E-state index in [-0.39, 0.29) is 9.04 Å². The monoisotopic (exact) mass is 132 g/mol. The Bertz CT molecular complexity index is 65.2. The lowest BCUT2D eigenvalue weighted by Crippen LogP contribution is -2.04. The first-order valence-corrected chi connectivity index (χ1v) is 12.5. The van der Waals surface area contributed by atoms with E-state index in [1.54, 1.807) is 5.84 Å². The van der Waals surface area contributed by atoms with Crippen molar-refractivity contribution in [1.29, 1.82) is 0 Å². The Labute approximate surface area is 44.2 Å². The minimum absolute atomic E-state index is 0.0806. The summed E-state index contributed by atoms with van der Waals surface area (Å²) in [5, 5.41) is 0. The number of rotatable bonds is 2. The van der Waals surface area contributed by atoms with E-state index >= 15 is 0 Å². The number of nitrogens with zero attached hydrogens (tertiary/aromatic N) is 2. The maximum atomic E-state index is 7.84. The van der Waals surface area contributed by atoms with E-state index in [9.17, 15) is 0 Å². The largest absolute Gasteiger partial charge is 0.363 e. The van der Waals surface area contributed by atoms with Crippen LogP contribution in [0.4, 0.5) is 0 Å². The summed E-state index contributed by atoms with van der Waals surface area (Å²) in [6.07, 6.45) is 0. The average Bonchev–Trinajstić information content (AvgIpc) is 1.61. The van der Waals surface area contributed by atoms with Crippen LogP contribution in [-0.2, 0) is 0 Å². The fourth-order valence-electron chi connectivity index (χ4n) is 0.187. The van der Waals surface area contributed by atoms with Crippen molar-refractivity contribution >= 4 is 33.2 Å². The molecule has 34 valence electrons. The van der Waals surface area contributed by atoms with Crippen molar-refractivity contribution in [3.05, 3.63) is 5.53 Å². The number of hydrogen-bond donors (Lipinski definition) is 0. The third-order valence-corrected chi connectivity index (χ3v) is 9.20. The van der Waals surface area contributed by atoms with Crippen LogP contribution in [0.1, 0.15) is 0 Å². The first kappa shape index (κ1) is 6.03. The lowest BCUT2D eigenvalue weighted by atomic mass is 11.7. The second kappa shape index (κ2) is 5.03. The van der Waals surface area contributed by atoms with Gasteiger partial charge in [0.2, 0.25) is 5.84 Å². The molecule has 0 atom stereocenters. The zero-order chi connectivity index (χ0) is 4.83. The smallest absolute Gasteiger partial charge is 0.215 e. The molecule has 0 saturated heterocycles.